The molecule has 0 bridgehead atoms. The van der Waals surface area contributed by atoms with Gasteiger partial charge in [0.1, 0.15) is 5.00 Å². The highest BCUT2D eigenvalue weighted by Crippen LogP contribution is 2.28. The minimum atomic E-state index is -1.02. The molecule has 1 heterocycles. The lowest BCUT2D eigenvalue weighted by molar-refractivity contribution is -0.115. The molecule has 0 saturated carbocycles. The second-order valence-corrected chi connectivity index (χ2v) is 4.29. The van der Waals surface area contributed by atoms with Gasteiger partial charge < -0.3 is 10.4 Å². The molecule has 4 nitrogen and oxygen atoms in total. The van der Waals surface area contributed by atoms with E-state index < -0.39 is 5.97 Å². The number of amides is 1. The zero-order valence-corrected chi connectivity index (χ0v) is 9.76. The molecule has 86 valence electrons. The van der Waals surface area contributed by atoms with Gasteiger partial charge in [0.15, 0.2) is 0 Å². The highest BCUT2D eigenvalue weighted by Gasteiger charge is 2.15. The van der Waals surface area contributed by atoms with Crippen molar-refractivity contribution in [2.24, 2.45) is 0 Å². The van der Waals surface area contributed by atoms with Gasteiger partial charge >= 0.3 is 5.97 Å². The zero-order chi connectivity index (χ0) is 12.1. The van der Waals surface area contributed by atoms with E-state index in [1.54, 1.807) is 6.07 Å². The van der Waals surface area contributed by atoms with E-state index in [1.807, 2.05) is 6.92 Å². The Morgan fingerprint density at radius 1 is 1.62 bits per heavy atom. The molecule has 0 aliphatic carbocycles. The maximum Gasteiger partial charge on any atom is 0.338 e. The van der Waals surface area contributed by atoms with Crippen molar-refractivity contribution >= 4 is 28.2 Å². The van der Waals surface area contributed by atoms with Crippen LogP contribution in [0.25, 0.3) is 0 Å². The average molecular weight is 239 g/mol. The molecule has 1 aromatic rings. The van der Waals surface area contributed by atoms with Crippen molar-refractivity contribution in [3.05, 3.63) is 29.2 Å². The Balaban J connectivity index is 2.93. The molecule has 2 N–H and O–H groups in total. The van der Waals surface area contributed by atoms with Gasteiger partial charge in [-0.25, -0.2) is 4.79 Å². The molecule has 1 amide bonds. The average Bonchev–Trinajstić information content (AvgIpc) is 2.61. The molecule has 0 saturated heterocycles. The van der Waals surface area contributed by atoms with Gasteiger partial charge in [-0.2, -0.15) is 0 Å². The molecule has 0 unspecified atom stereocenters. The lowest BCUT2D eigenvalue weighted by Crippen LogP contribution is -2.11. The van der Waals surface area contributed by atoms with Gasteiger partial charge in [-0.3, -0.25) is 4.79 Å². The minimum absolute atomic E-state index is 0.152. The molecular formula is C11H13NO3S. The first kappa shape index (κ1) is 12.4. The van der Waals surface area contributed by atoms with Gasteiger partial charge in [-0.15, -0.1) is 17.9 Å². The first-order valence-electron chi connectivity index (χ1n) is 4.85. The van der Waals surface area contributed by atoms with Crippen molar-refractivity contribution in [3.8, 4) is 0 Å². The predicted octanol–water partition coefficient (Wildman–Crippen LogP) is 2.52. The van der Waals surface area contributed by atoms with E-state index in [9.17, 15) is 9.59 Å². The van der Waals surface area contributed by atoms with Crippen LogP contribution in [0.1, 0.15) is 28.6 Å². The summed E-state index contributed by atoms with van der Waals surface area (Å²) in [4.78, 5) is 23.2. The third kappa shape index (κ3) is 2.93. The van der Waals surface area contributed by atoms with Crippen molar-refractivity contribution in [1.29, 1.82) is 0 Å². The number of carboxylic acid groups (broad SMARTS) is 1. The Morgan fingerprint density at radius 2 is 2.31 bits per heavy atom. The second kappa shape index (κ2) is 5.46. The van der Waals surface area contributed by atoms with Crippen LogP contribution in [0.3, 0.4) is 0 Å². The lowest BCUT2D eigenvalue weighted by atomic mass is 10.2. The second-order valence-electron chi connectivity index (χ2n) is 3.16. The molecule has 0 aromatic carbocycles. The van der Waals surface area contributed by atoms with Crippen LogP contribution in [0.4, 0.5) is 5.00 Å². The Bertz CT molecular complexity index is 423. The summed E-state index contributed by atoms with van der Waals surface area (Å²) >= 11 is 1.29. The molecule has 0 fully saturated rings. The highest BCUT2D eigenvalue weighted by molar-refractivity contribution is 7.16. The SMILES string of the molecule is C=CCC(=O)Nc1sc(CC)cc1C(=O)O. The van der Waals surface area contributed by atoms with Crippen LogP contribution in [-0.2, 0) is 11.2 Å². The van der Waals surface area contributed by atoms with Crippen LogP contribution >= 0.6 is 11.3 Å². The molecule has 1 rings (SSSR count). The Morgan fingerprint density at radius 3 is 2.81 bits per heavy atom. The lowest BCUT2D eigenvalue weighted by Gasteiger charge is -2.01. The van der Waals surface area contributed by atoms with E-state index in [0.717, 1.165) is 11.3 Å². The van der Waals surface area contributed by atoms with Crippen LogP contribution < -0.4 is 5.32 Å². The molecule has 5 heteroatoms. The fourth-order valence-corrected chi connectivity index (χ4v) is 2.18. The number of nitrogens with one attached hydrogen (secondary N) is 1. The maximum absolute atomic E-state index is 11.3. The third-order valence-electron chi connectivity index (χ3n) is 1.94. The number of rotatable bonds is 5. The van der Waals surface area contributed by atoms with Crippen molar-refractivity contribution < 1.29 is 14.7 Å². The fraction of sp³-hybridized carbons (Fsp3) is 0.273. The van der Waals surface area contributed by atoms with Crippen molar-refractivity contribution in [3.63, 3.8) is 0 Å². The van der Waals surface area contributed by atoms with E-state index >= 15 is 0 Å². The van der Waals surface area contributed by atoms with E-state index in [1.165, 1.54) is 17.4 Å². The van der Waals surface area contributed by atoms with Crippen LogP contribution in [0.15, 0.2) is 18.7 Å². The van der Waals surface area contributed by atoms with Crippen LogP contribution in [0.2, 0.25) is 0 Å². The predicted molar refractivity (Wildman–Crippen MR) is 64.1 cm³/mol. The van der Waals surface area contributed by atoms with Crippen LogP contribution in [0.5, 0.6) is 0 Å². The van der Waals surface area contributed by atoms with Crippen molar-refractivity contribution in [2.45, 2.75) is 19.8 Å². The van der Waals surface area contributed by atoms with E-state index in [0.29, 0.717) is 5.00 Å². The molecule has 0 spiro atoms. The Hall–Kier alpha value is -1.62. The molecule has 0 aliphatic rings. The number of thiophene rings is 1. The summed E-state index contributed by atoms with van der Waals surface area (Å²) in [6, 6.07) is 1.59. The number of aromatic carboxylic acids is 1. The summed E-state index contributed by atoms with van der Waals surface area (Å²) in [7, 11) is 0. The molecule has 0 aliphatic heterocycles. The van der Waals surface area contributed by atoms with E-state index in [4.69, 9.17) is 5.11 Å². The van der Waals surface area contributed by atoms with Gasteiger partial charge in [0.05, 0.1) is 5.56 Å². The van der Waals surface area contributed by atoms with Crippen molar-refractivity contribution in [2.75, 3.05) is 5.32 Å². The number of anilines is 1. The smallest absolute Gasteiger partial charge is 0.338 e. The summed E-state index contributed by atoms with van der Waals surface area (Å²) in [5.74, 6) is -1.27. The number of carbonyl (C=O) groups is 2. The summed E-state index contributed by atoms with van der Waals surface area (Å²) in [5, 5.41) is 11.9. The molecule has 16 heavy (non-hydrogen) atoms. The topological polar surface area (TPSA) is 66.4 Å². The number of hydrogen-bond donors (Lipinski definition) is 2. The van der Waals surface area contributed by atoms with Crippen LogP contribution in [-0.4, -0.2) is 17.0 Å². The van der Waals surface area contributed by atoms with E-state index in [-0.39, 0.29) is 17.9 Å². The van der Waals surface area contributed by atoms with Gasteiger partial charge in [-0.05, 0) is 12.5 Å². The maximum atomic E-state index is 11.3. The first-order valence-corrected chi connectivity index (χ1v) is 5.66. The Kier molecular flexibility index (Phi) is 4.25. The minimum Gasteiger partial charge on any atom is -0.478 e. The van der Waals surface area contributed by atoms with Gasteiger partial charge in [0, 0.05) is 11.3 Å². The molecular weight excluding hydrogens is 226 g/mol. The van der Waals surface area contributed by atoms with Gasteiger partial charge in [-0.1, -0.05) is 13.0 Å². The fourth-order valence-electron chi connectivity index (χ4n) is 1.18. The number of hydrogen-bond acceptors (Lipinski definition) is 3. The standard InChI is InChI=1S/C11H13NO3S/c1-3-5-9(13)12-10-8(11(14)15)6-7(4-2)16-10/h3,6H,1,4-5H2,2H3,(H,12,13)(H,14,15). The summed E-state index contributed by atoms with van der Waals surface area (Å²) in [5.41, 5.74) is 0.152. The third-order valence-corrected chi connectivity index (χ3v) is 3.14. The normalized spacial score (nSPS) is 9.81. The van der Waals surface area contributed by atoms with Gasteiger partial charge in [0.25, 0.3) is 0 Å². The number of carboxylic acids is 1. The molecule has 0 radical (unpaired) electrons. The largest absolute Gasteiger partial charge is 0.478 e. The molecule has 1 aromatic heterocycles. The summed E-state index contributed by atoms with van der Waals surface area (Å²) in [6.07, 6.45) is 2.41. The van der Waals surface area contributed by atoms with Crippen LogP contribution in [0, 0.1) is 0 Å². The van der Waals surface area contributed by atoms with Gasteiger partial charge in [0.2, 0.25) is 5.91 Å². The first-order chi connectivity index (χ1) is 7.58. The zero-order valence-electron chi connectivity index (χ0n) is 8.95. The quantitative estimate of drug-likeness (QED) is 0.776. The number of aryl methyl sites for hydroxylation is 1. The molecule has 0 atom stereocenters. The summed E-state index contributed by atoms with van der Waals surface area (Å²) < 4.78 is 0. The summed E-state index contributed by atoms with van der Waals surface area (Å²) in [6.45, 7) is 5.38. The monoisotopic (exact) mass is 239 g/mol. The Labute approximate surface area is 97.6 Å². The van der Waals surface area contributed by atoms with E-state index in [2.05, 4.69) is 11.9 Å². The highest BCUT2D eigenvalue weighted by atomic mass is 32.1. The van der Waals surface area contributed by atoms with Crippen molar-refractivity contribution in [1.82, 2.24) is 0 Å². The number of carbonyl (C=O) groups excluding carboxylic acids is 1.